The highest BCUT2D eigenvalue weighted by molar-refractivity contribution is 5.92. The van der Waals surface area contributed by atoms with Crippen LogP contribution >= 0.6 is 0 Å². The third-order valence-electron chi connectivity index (χ3n) is 1.54. The van der Waals surface area contributed by atoms with Gasteiger partial charge in [-0.05, 0) is 0 Å². The van der Waals surface area contributed by atoms with Crippen molar-refractivity contribution in [3.8, 4) is 0 Å². The Morgan fingerprint density at radius 1 is 1.07 bits per heavy atom. The second kappa shape index (κ2) is 5.18. The van der Waals surface area contributed by atoms with E-state index in [4.69, 9.17) is 20.4 Å². The molecule has 0 aliphatic carbocycles. The smallest absolute Gasteiger partial charge is 0.314 e. The Morgan fingerprint density at radius 3 is 1.79 bits per heavy atom. The highest BCUT2D eigenvalue weighted by Gasteiger charge is 2.35. The summed E-state index contributed by atoms with van der Waals surface area (Å²) in [4.78, 5) is 31.1. The number of carbonyl (C=O) groups is 3. The fourth-order valence-corrected chi connectivity index (χ4v) is 0.861. The minimum Gasteiger partial charge on any atom is -0.481 e. The summed E-state index contributed by atoms with van der Waals surface area (Å²) in [6.07, 6.45) is -0.864. The third kappa shape index (κ3) is 3.40. The zero-order valence-electron chi connectivity index (χ0n) is 7.01. The van der Waals surface area contributed by atoms with Crippen molar-refractivity contribution in [2.24, 2.45) is 5.92 Å². The van der Waals surface area contributed by atoms with Crippen LogP contribution in [0.15, 0.2) is 0 Å². The Balaban J connectivity index is 4.69. The van der Waals surface area contributed by atoms with Crippen molar-refractivity contribution >= 4 is 17.9 Å². The van der Waals surface area contributed by atoms with E-state index in [9.17, 15) is 14.4 Å². The Kier molecular flexibility index (Phi) is 4.57. The van der Waals surface area contributed by atoms with Crippen molar-refractivity contribution in [1.29, 1.82) is 0 Å². The topological polar surface area (TPSA) is 132 Å². The van der Waals surface area contributed by atoms with Gasteiger partial charge in [-0.3, -0.25) is 14.4 Å². The molecule has 0 aromatic heterocycles. The van der Waals surface area contributed by atoms with Crippen LogP contribution in [0.4, 0.5) is 0 Å². The van der Waals surface area contributed by atoms with Crippen LogP contribution < -0.4 is 0 Å². The van der Waals surface area contributed by atoms with Crippen LogP contribution in [0.2, 0.25) is 0 Å². The molecule has 0 saturated heterocycles. The van der Waals surface area contributed by atoms with Crippen LogP contribution in [0.5, 0.6) is 0 Å². The fraction of sp³-hybridized carbons (Fsp3) is 0.429. The third-order valence-corrected chi connectivity index (χ3v) is 1.54. The van der Waals surface area contributed by atoms with Crippen molar-refractivity contribution < 1.29 is 34.8 Å². The molecule has 1 atom stereocenters. The maximum atomic E-state index is 10.5. The van der Waals surface area contributed by atoms with E-state index in [0.717, 1.165) is 0 Å². The average Bonchev–Trinajstić information content (AvgIpc) is 2.02. The van der Waals surface area contributed by atoms with E-state index in [1.54, 1.807) is 0 Å². The summed E-state index contributed by atoms with van der Waals surface area (Å²) in [6.45, 7) is -0.987. The molecule has 1 radical (unpaired) electrons. The molecule has 4 N–H and O–H groups in total. The van der Waals surface area contributed by atoms with Gasteiger partial charge in [0.15, 0.2) is 0 Å². The van der Waals surface area contributed by atoms with E-state index in [1.165, 1.54) is 0 Å². The molecular weight excluding hydrogens is 196 g/mol. The van der Waals surface area contributed by atoms with Crippen LogP contribution in [0.3, 0.4) is 0 Å². The molecule has 0 bridgehead atoms. The van der Waals surface area contributed by atoms with Crippen molar-refractivity contribution in [2.45, 2.75) is 6.42 Å². The number of carboxylic acid groups (broad SMARTS) is 3. The lowest BCUT2D eigenvalue weighted by molar-refractivity contribution is -0.151. The lowest BCUT2D eigenvalue weighted by atomic mass is 9.90. The van der Waals surface area contributed by atoms with Gasteiger partial charge in [0.2, 0.25) is 0 Å². The van der Waals surface area contributed by atoms with E-state index in [0.29, 0.717) is 0 Å². The Morgan fingerprint density at radius 2 is 1.57 bits per heavy atom. The summed E-state index contributed by atoms with van der Waals surface area (Å²) in [5.74, 6) is -7.07. The largest absolute Gasteiger partial charge is 0.481 e. The zero-order valence-corrected chi connectivity index (χ0v) is 7.01. The highest BCUT2D eigenvalue weighted by atomic mass is 16.4. The fourth-order valence-electron chi connectivity index (χ4n) is 0.861. The number of hydrogen-bond donors (Lipinski definition) is 4. The van der Waals surface area contributed by atoms with Crippen molar-refractivity contribution in [3.05, 3.63) is 5.92 Å². The molecule has 7 nitrogen and oxygen atoms in total. The first-order chi connectivity index (χ1) is 6.40. The SMILES string of the molecule is O=C(O)CC([C](CO)C(=O)O)C(=O)O. The predicted octanol–water partition coefficient (Wildman–Crippen LogP) is -1.19. The molecule has 0 spiro atoms. The molecule has 0 saturated carbocycles. The molecule has 0 aromatic rings. The quantitative estimate of drug-likeness (QED) is 0.428. The molecule has 0 rings (SSSR count). The van der Waals surface area contributed by atoms with Gasteiger partial charge in [-0.2, -0.15) is 0 Å². The number of hydrogen-bond acceptors (Lipinski definition) is 4. The minimum atomic E-state index is -1.70. The lowest BCUT2D eigenvalue weighted by Gasteiger charge is -2.14. The number of rotatable bonds is 6. The minimum absolute atomic E-state index is 0.736. The first-order valence-electron chi connectivity index (χ1n) is 3.54. The predicted molar refractivity (Wildman–Crippen MR) is 41.3 cm³/mol. The maximum absolute atomic E-state index is 10.5. The maximum Gasteiger partial charge on any atom is 0.314 e. The van der Waals surface area contributed by atoms with Crippen LogP contribution in [-0.4, -0.2) is 44.9 Å². The van der Waals surface area contributed by atoms with Gasteiger partial charge in [0, 0.05) is 0 Å². The van der Waals surface area contributed by atoms with Crippen LogP contribution in [0.1, 0.15) is 6.42 Å². The first kappa shape index (κ1) is 12.4. The standard InChI is InChI=1S/C7H9O7/c8-2-4(7(13)14)3(6(11)12)1-5(9)10/h3,8H,1-2H2,(H,9,10)(H,11,12)(H,13,14). The average molecular weight is 205 g/mol. The summed E-state index contributed by atoms with van der Waals surface area (Å²) in [6, 6.07) is 0. The Hall–Kier alpha value is -1.63. The van der Waals surface area contributed by atoms with Crippen molar-refractivity contribution in [3.63, 3.8) is 0 Å². The number of aliphatic hydroxyl groups excluding tert-OH is 1. The molecule has 0 amide bonds. The van der Waals surface area contributed by atoms with Gasteiger partial charge in [0.1, 0.15) is 5.92 Å². The summed E-state index contributed by atoms with van der Waals surface area (Å²) in [5.41, 5.74) is 0. The van der Waals surface area contributed by atoms with Crippen molar-refractivity contribution in [2.75, 3.05) is 6.61 Å². The van der Waals surface area contributed by atoms with Crippen LogP contribution in [0.25, 0.3) is 0 Å². The van der Waals surface area contributed by atoms with E-state index in [2.05, 4.69) is 0 Å². The molecular formula is C7H9O7. The van der Waals surface area contributed by atoms with Gasteiger partial charge in [-0.15, -0.1) is 0 Å². The van der Waals surface area contributed by atoms with Gasteiger partial charge in [-0.25, -0.2) is 0 Å². The second-order valence-electron chi connectivity index (χ2n) is 2.48. The van der Waals surface area contributed by atoms with Gasteiger partial charge in [0.05, 0.1) is 18.9 Å². The van der Waals surface area contributed by atoms with Gasteiger partial charge < -0.3 is 20.4 Å². The van der Waals surface area contributed by atoms with E-state index < -0.39 is 42.8 Å². The van der Waals surface area contributed by atoms with Gasteiger partial charge in [-0.1, -0.05) is 0 Å². The molecule has 0 aromatic carbocycles. The summed E-state index contributed by atoms with van der Waals surface area (Å²) in [5, 5.41) is 33.8. The van der Waals surface area contributed by atoms with E-state index in [-0.39, 0.29) is 0 Å². The summed E-state index contributed by atoms with van der Waals surface area (Å²) >= 11 is 0. The van der Waals surface area contributed by atoms with E-state index in [1.807, 2.05) is 0 Å². The van der Waals surface area contributed by atoms with Crippen LogP contribution in [0, 0.1) is 11.8 Å². The molecule has 14 heavy (non-hydrogen) atoms. The van der Waals surface area contributed by atoms with Gasteiger partial charge >= 0.3 is 17.9 Å². The summed E-state index contributed by atoms with van der Waals surface area (Å²) in [7, 11) is 0. The molecule has 0 heterocycles. The zero-order chi connectivity index (χ0) is 11.3. The van der Waals surface area contributed by atoms with Crippen LogP contribution in [-0.2, 0) is 14.4 Å². The molecule has 79 valence electrons. The van der Waals surface area contributed by atoms with Gasteiger partial charge in [0.25, 0.3) is 0 Å². The number of aliphatic hydroxyl groups is 1. The molecule has 7 heteroatoms. The monoisotopic (exact) mass is 205 g/mol. The first-order valence-corrected chi connectivity index (χ1v) is 3.54. The summed E-state index contributed by atoms with van der Waals surface area (Å²) < 4.78 is 0. The number of carboxylic acids is 3. The highest BCUT2D eigenvalue weighted by Crippen LogP contribution is 2.18. The van der Waals surface area contributed by atoms with Crippen molar-refractivity contribution in [1.82, 2.24) is 0 Å². The molecule has 0 fully saturated rings. The van der Waals surface area contributed by atoms with E-state index >= 15 is 0 Å². The molecule has 0 aliphatic heterocycles. The Bertz CT molecular complexity index is 246. The second-order valence-corrected chi connectivity index (χ2v) is 2.48. The number of aliphatic carboxylic acids is 3. The molecule has 1 unspecified atom stereocenters. The Labute approximate surface area is 78.6 Å². The molecule has 0 aliphatic rings. The lowest BCUT2D eigenvalue weighted by Crippen LogP contribution is -2.32. The normalized spacial score (nSPS) is 12.4.